The first kappa shape index (κ1) is 15.0. The van der Waals surface area contributed by atoms with Crippen LogP contribution in [0.3, 0.4) is 0 Å². The molecule has 7 heteroatoms. The monoisotopic (exact) mass is 300 g/mol. The van der Waals surface area contributed by atoms with Crippen LogP contribution in [0.2, 0.25) is 0 Å². The number of alkyl halides is 3. The van der Waals surface area contributed by atoms with Gasteiger partial charge in [0.2, 0.25) is 5.76 Å². The summed E-state index contributed by atoms with van der Waals surface area (Å²) in [5, 5.41) is 0. The Kier molecular flexibility index (Phi) is 4.21. The minimum Gasteiger partial charge on any atom is -0.460 e. The lowest BCUT2D eigenvalue weighted by molar-refractivity contribution is -0.274. The van der Waals surface area contributed by atoms with Crippen molar-refractivity contribution in [2.24, 2.45) is 0 Å². The molecule has 0 fully saturated rings. The largest absolute Gasteiger partial charge is 0.573 e. The summed E-state index contributed by atoms with van der Waals surface area (Å²) in [7, 11) is 0. The van der Waals surface area contributed by atoms with Gasteiger partial charge in [0, 0.05) is 5.56 Å². The van der Waals surface area contributed by atoms with Gasteiger partial charge in [-0.15, -0.1) is 13.2 Å². The van der Waals surface area contributed by atoms with Crippen LogP contribution in [0.4, 0.5) is 13.2 Å². The molecule has 0 spiro atoms. The first-order valence-corrected chi connectivity index (χ1v) is 6.02. The summed E-state index contributed by atoms with van der Waals surface area (Å²) in [6.45, 7) is 1.85. The average molecular weight is 300 g/mol. The van der Waals surface area contributed by atoms with Gasteiger partial charge in [-0.2, -0.15) is 0 Å². The van der Waals surface area contributed by atoms with E-state index in [4.69, 9.17) is 9.15 Å². The summed E-state index contributed by atoms with van der Waals surface area (Å²) in [6.07, 6.45) is -4.77. The molecule has 0 radical (unpaired) electrons. The minimum absolute atomic E-state index is 0.0195. The molecule has 2 aromatic rings. The molecule has 1 aromatic heterocycles. The molecule has 21 heavy (non-hydrogen) atoms. The maximum atomic E-state index is 12.2. The molecule has 0 aliphatic heterocycles. The molecule has 1 aromatic carbocycles. The van der Waals surface area contributed by atoms with E-state index in [0.29, 0.717) is 5.56 Å². The van der Waals surface area contributed by atoms with Crippen LogP contribution in [-0.2, 0) is 4.74 Å². The number of ether oxygens (including phenoxy) is 2. The van der Waals surface area contributed by atoms with Gasteiger partial charge in [0.1, 0.15) is 11.5 Å². The standard InChI is InChI=1S/C14H11F3O4/c1-2-19-13(18)12-7-6-11(20-12)9-4-3-5-10(8-9)21-14(15,16)17/h3-8H,2H2,1H3. The number of carbonyl (C=O) groups is 1. The van der Waals surface area contributed by atoms with Crippen molar-refractivity contribution < 1.29 is 31.9 Å². The second-order valence-corrected chi connectivity index (χ2v) is 3.96. The van der Waals surface area contributed by atoms with Crippen LogP contribution in [0.5, 0.6) is 5.75 Å². The maximum Gasteiger partial charge on any atom is 0.573 e. The Bertz CT molecular complexity index is 631. The van der Waals surface area contributed by atoms with Gasteiger partial charge >= 0.3 is 12.3 Å². The van der Waals surface area contributed by atoms with Crippen molar-refractivity contribution in [2.45, 2.75) is 13.3 Å². The summed E-state index contributed by atoms with van der Waals surface area (Å²) in [6, 6.07) is 8.14. The third-order valence-electron chi connectivity index (χ3n) is 2.43. The lowest BCUT2D eigenvalue weighted by Crippen LogP contribution is -2.17. The molecule has 0 bridgehead atoms. The van der Waals surface area contributed by atoms with E-state index < -0.39 is 12.3 Å². The van der Waals surface area contributed by atoms with Crippen LogP contribution >= 0.6 is 0 Å². The Morgan fingerprint density at radius 2 is 2.00 bits per heavy atom. The van der Waals surface area contributed by atoms with Crippen molar-refractivity contribution in [3.63, 3.8) is 0 Å². The van der Waals surface area contributed by atoms with Crippen molar-refractivity contribution in [3.8, 4) is 17.1 Å². The average Bonchev–Trinajstić information content (AvgIpc) is 2.87. The number of furan rings is 1. The van der Waals surface area contributed by atoms with E-state index in [1.165, 1.54) is 36.4 Å². The number of hydrogen-bond donors (Lipinski definition) is 0. The van der Waals surface area contributed by atoms with E-state index in [2.05, 4.69) is 4.74 Å². The molecule has 0 N–H and O–H groups in total. The highest BCUT2D eigenvalue weighted by Crippen LogP contribution is 2.29. The Morgan fingerprint density at radius 1 is 1.24 bits per heavy atom. The number of halogens is 3. The highest BCUT2D eigenvalue weighted by molar-refractivity contribution is 5.87. The molecule has 0 aliphatic carbocycles. The summed E-state index contributed by atoms with van der Waals surface area (Å²) >= 11 is 0. The van der Waals surface area contributed by atoms with Gasteiger partial charge in [-0.1, -0.05) is 12.1 Å². The van der Waals surface area contributed by atoms with Crippen molar-refractivity contribution in [1.29, 1.82) is 0 Å². The van der Waals surface area contributed by atoms with E-state index in [1.54, 1.807) is 6.92 Å². The highest BCUT2D eigenvalue weighted by Gasteiger charge is 2.31. The fourth-order valence-corrected chi connectivity index (χ4v) is 1.65. The van der Waals surface area contributed by atoms with Crippen LogP contribution in [0.15, 0.2) is 40.8 Å². The van der Waals surface area contributed by atoms with E-state index in [0.717, 1.165) is 0 Å². The normalized spacial score (nSPS) is 11.2. The van der Waals surface area contributed by atoms with Crippen LogP contribution in [0, 0.1) is 0 Å². The summed E-state index contributed by atoms with van der Waals surface area (Å²) in [4.78, 5) is 11.5. The number of esters is 1. The highest BCUT2D eigenvalue weighted by atomic mass is 19.4. The van der Waals surface area contributed by atoms with Gasteiger partial charge in [-0.3, -0.25) is 0 Å². The van der Waals surface area contributed by atoms with Gasteiger partial charge in [0.25, 0.3) is 0 Å². The molecule has 4 nitrogen and oxygen atoms in total. The van der Waals surface area contributed by atoms with Crippen molar-refractivity contribution >= 4 is 5.97 Å². The molecule has 0 amide bonds. The fraction of sp³-hybridized carbons (Fsp3) is 0.214. The predicted molar refractivity (Wildman–Crippen MR) is 66.8 cm³/mol. The van der Waals surface area contributed by atoms with Gasteiger partial charge < -0.3 is 13.9 Å². The van der Waals surface area contributed by atoms with Crippen LogP contribution in [-0.4, -0.2) is 18.9 Å². The number of carbonyl (C=O) groups excluding carboxylic acids is 1. The van der Waals surface area contributed by atoms with Crippen LogP contribution in [0.25, 0.3) is 11.3 Å². The van der Waals surface area contributed by atoms with Crippen molar-refractivity contribution in [1.82, 2.24) is 0 Å². The third-order valence-corrected chi connectivity index (χ3v) is 2.43. The molecular formula is C14H11F3O4. The van der Waals surface area contributed by atoms with Crippen molar-refractivity contribution in [3.05, 3.63) is 42.2 Å². The first-order valence-electron chi connectivity index (χ1n) is 6.02. The molecular weight excluding hydrogens is 289 g/mol. The van der Waals surface area contributed by atoms with Crippen LogP contribution in [0.1, 0.15) is 17.5 Å². The van der Waals surface area contributed by atoms with E-state index >= 15 is 0 Å². The van der Waals surface area contributed by atoms with Gasteiger partial charge in [0.15, 0.2) is 0 Å². The SMILES string of the molecule is CCOC(=O)c1ccc(-c2cccc(OC(F)(F)F)c2)o1. The fourth-order valence-electron chi connectivity index (χ4n) is 1.65. The molecule has 1 heterocycles. The maximum absolute atomic E-state index is 12.2. The Balaban J connectivity index is 2.22. The van der Waals surface area contributed by atoms with Gasteiger partial charge in [-0.25, -0.2) is 4.79 Å². The second kappa shape index (κ2) is 5.90. The predicted octanol–water partition coefficient (Wildman–Crippen LogP) is 4.02. The number of hydrogen-bond acceptors (Lipinski definition) is 4. The van der Waals surface area contributed by atoms with E-state index in [1.807, 2.05) is 0 Å². The lowest BCUT2D eigenvalue weighted by Gasteiger charge is -2.09. The zero-order valence-corrected chi connectivity index (χ0v) is 10.9. The molecule has 0 saturated heterocycles. The molecule has 0 atom stereocenters. The zero-order valence-electron chi connectivity index (χ0n) is 10.9. The lowest BCUT2D eigenvalue weighted by atomic mass is 10.2. The molecule has 2 rings (SSSR count). The third kappa shape index (κ3) is 4.01. The molecule has 0 unspecified atom stereocenters. The first-order chi connectivity index (χ1) is 9.89. The quantitative estimate of drug-likeness (QED) is 0.800. The van der Waals surface area contributed by atoms with Crippen molar-refractivity contribution in [2.75, 3.05) is 6.61 Å². The van der Waals surface area contributed by atoms with E-state index in [9.17, 15) is 18.0 Å². The molecule has 0 aliphatic rings. The summed E-state index contributed by atoms with van der Waals surface area (Å²) in [5.41, 5.74) is 0.354. The van der Waals surface area contributed by atoms with Gasteiger partial charge in [0.05, 0.1) is 6.61 Å². The number of rotatable bonds is 4. The molecule has 0 saturated carbocycles. The van der Waals surface area contributed by atoms with Gasteiger partial charge in [-0.05, 0) is 31.2 Å². The minimum atomic E-state index is -4.77. The second-order valence-electron chi connectivity index (χ2n) is 3.96. The number of benzene rings is 1. The van der Waals surface area contributed by atoms with Crippen LogP contribution < -0.4 is 4.74 Å². The zero-order chi connectivity index (χ0) is 15.5. The topological polar surface area (TPSA) is 48.7 Å². The summed E-state index contributed by atoms with van der Waals surface area (Å²) < 4.78 is 50.3. The van der Waals surface area contributed by atoms with E-state index in [-0.39, 0.29) is 23.9 Å². The summed E-state index contributed by atoms with van der Waals surface area (Å²) in [5.74, 6) is -0.778. The Hall–Kier alpha value is -2.44. The Labute approximate surface area is 118 Å². The smallest absolute Gasteiger partial charge is 0.460 e. The molecule has 112 valence electrons. The Morgan fingerprint density at radius 3 is 2.67 bits per heavy atom.